The lowest BCUT2D eigenvalue weighted by molar-refractivity contribution is -0.137. The molecule has 0 spiro atoms. The van der Waals surface area contributed by atoms with Crippen LogP contribution in [0.3, 0.4) is 0 Å². The Balaban J connectivity index is 0.716. The van der Waals surface area contributed by atoms with Gasteiger partial charge in [0, 0.05) is 75.2 Å². The van der Waals surface area contributed by atoms with E-state index in [9.17, 15) is 24.0 Å². The lowest BCUT2D eigenvalue weighted by Gasteiger charge is -2.36. The molecule has 2 saturated heterocycles. The van der Waals surface area contributed by atoms with Gasteiger partial charge in [-0.25, -0.2) is 19.3 Å². The van der Waals surface area contributed by atoms with Crippen LogP contribution in [0.4, 0.5) is 21.9 Å². The summed E-state index contributed by atoms with van der Waals surface area (Å²) in [5.41, 5.74) is 5.31. The highest BCUT2D eigenvalue weighted by Crippen LogP contribution is 2.43. The van der Waals surface area contributed by atoms with Gasteiger partial charge in [0.1, 0.15) is 11.7 Å². The van der Waals surface area contributed by atoms with Crippen molar-refractivity contribution >= 4 is 64.0 Å². The summed E-state index contributed by atoms with van der Waals surface area (Å²) in [6, 6.07) is 7.97. The van der Waals surface area contributed by atoms with Crippen molar-refractivity contribution in [1.29, 1.82) is 0 Å². The van der Waals surface area contributed by atoms with Crippen molar-refractivity contribution in [3.8, 4) is 11.5 Å². The zero-order valence-electron chi connectivity index (χ0n) is 31.3. The van der Waals surface area contributed by atoms with Gasteiger partial charge in [-0.3, -0.25) is 24.5 Å². The number of benzene rings is 1. The molecule has 0 bridgehead atoms. The van der Waals surface area contributed by atoms with Crippen LogP contribution in [0.25, 0.3) is 17.2 Å². The van der Waals surface area contributed by atoms with Crippen molar-refractivity contribution in [2.24, 2.45) is 0 Å². The van der Waals surface area contributed by atoms with E-state index in [4.69, 9.17) is 16.1 Å². The Labute approximate surface area is 336 Å². The molecular weight excluding hydrogens is 768 g/mol. The number of unbranched alkanes of at least 4 members (excludes halogenated alkanes) is 1. The number of nitrogens with zero attached hydrogens (tertiary/aromatic N) is 9. The second kappa shape index (κ2) is 15.5. The molecule has 18 nitrogen and oxygen atoms in total. The fraction of sp³-hybridized carbons (Fsp3) is 0.385. The number of aryl methyl sites for hydroxylation is 1. The van der Waals surface area contributed by atoms with E-state index in [2.05, 4.69) is 46.1 Å². The molecule has 1 atom stereocenters. The van der Waals surface area contributed by atoms with Gasteiger partial charge in [0.2, 0.25) is 29.4 Å². The number of imide groups is 1. The topological polar surface area (TPSA) is 213 Å². The molecule has 298 valence electrons. The van der Waals surface area contributed by atoms with E-state index in [0.29, 0.717) is 99.3 Å². The Morgan fingerprint density at radius 3 is 2.60 bits per heavy atom. The average molecular weight is 807 g/mol. The number of hydrogen-bond acceptors (Lipinski definition) is 12. The number of carbonyl (C=O) groups excluding carboxylic acids is 5. The SMILES string of the molecule is O=C1CCC(N2Cc3cc(N4CCN(C(=O)CCCCc5nc(-c6ncc(NC(=O)Nc7cnc8ccnn8c7C7CC7)cc6Cl)no5)CC4)ccc3C2=O)C(=O)N1. The number of halogens is 1. The third-order valence-electron chi connectivity index (χ3n) is 11.0. The zero-order chi connectivity index (χ0) is 39.9. The van der Waals surface area contributed by atoms with E-state index in [1.54, 1.807) is 33.9 Å². The number of rotatable bonds is 11. The quantitative estimate of drug-likeness (QED) is 0.127. The van der Waals surface area contributed by atoms with Crippen molar-refractivity contribution in [2.75, 3.05) is 41.7 Å². The highest BCUT2D eigenvalue weighted by Gasteiger charge is 2.39. The smallest absolute Gasteiger partial charge is 0.323 e. The van der Waals surface area contributed by atoms with E-state index < -0.39 is 18.0 Å². The van der Waals surface area contributed by atoms with Crippen LogP contribution in [0.2, 0.25) is 5.02 Å². The van der Waals surface area contributed by atoms with Gasteiger partial charge in [0.05, 0.1) is 40.7 Å². The maximum atomic E-state index is 13.1. The van der Waals surface area contributed by atoms with E-state index in [1.165, 1.54) is 6.20 Å². The van der Waals surface area contributed by atoms with E-state index in [1.807, 2.05) is 23.1 Å². The van der Waals surface area contributed by atoms with Crippen LogP contribution < -0.4 is 20.9 Å². The normalized spacial score (nSPS) is 18.1. The maximum absolute atomic E-state index is 13.1. The molecular formula is C39H39ClN12O6. The number of nitrogens with one attached hydrogen (secondary N) is 3. The van der Waals surface area contributed by atoms with Crippen LogP contribution >= 0.6 is 11.6 Å². The van der Waals surface area contributed by atoms with Crippen molar-refractivity contribution in [3.63, 3.8) is 0 Å². The molecule has 3 fully saturated rings. The molecule has 1 saturated carbocycles. The third kappa shape index (κ3) is 7.54. The Hall–Kier alpha value is -6.43. The Morgan fingerprint density at radius 2 is 1.81 bits per heavy atom. The summed E-state index contributed by atoms with van der Waals surface area (Å²) in [5, 5.41) is 16.6. The Morgan fingerprint density at radius 1 is 0.966 bits per heavy atom. The monoisotopic (exact) mass is 806 g/mol. The number of urea groups is 1. The Kier molecular flexibility index (Phi) is 9.92. The minimum Gasteiger partial charge on any atom is -0.368 e. The first-order valence-electron chi connectivity index (χ1n) is 19.4. The third-order valence-corrected chi connectivity index (χ3v) is 11.3. The molecule has 4 aliphatic rings. The number of carbonyl (C=O) groups is 5. The predicted octanol–water partition coefficient (Wildman–Crippen LogP) is 4.17. The lowest BCUT2D eigenvalue weighted by Crippen LogP contribution is -2.52. The number of piperidine rings is 1. The van der Waals surface area contributed by atoms with Crippen LogP contribution in [-0.2, 0) is 27.3 Å². The number of anilines is 3. The minimum atomic E-state index is -0.651. The molecule has 19 heteroatoms. The summed E-state index contributed by atoms with van der Waals surface area (Å²) in [6.45, 7) is 2.79. The summed E-state index contributed by atoms with van der Waals surface area (Å²) in [6.07, 6.45) is 9.56. The molecule has 6 amide bonds. The van der Waals surface area contributed by atoms with Gasteiger partial charge in [-0.15, -0.1) is 0 Å². The number of amides is 6. The first kappa shape index (κ1) is 37.2. The van der Waals surface area contributed by atoms with Crippen molar-refractivity contribution in [3.05, 3.63) is 76.7 Å². The molecule has 7 heterocycles. The standard InChI is InChI=1S/C39H39ClN12O6/c40-27-18-24(44-39(57)45-28-20-41-30-11-12-43-52(30)35(28)22-5-6-22)19-42-34(27)36-47-32(58-48-36)3-1-2-4-33(54)50-15-13-49(14-16-50)25-7-8-26-23(17-25)21-51(38(26)56)29-9-10-31(53)46-37(29)55/h7-8,11-12,17-20,22,29H,1-6,9-10,13-16,21H2,(H2,44,45,57)(H,46,53,55). The molecule has 4 aromatic heterocycles. The van der Waals surface area contributed by atoms with Crippen LogP contribution in [0, 0.1) is 0 Å². The highest BCUT2D eigenvalue weighted by atomic mass is 35.5. The predicted molar refractivity (Wildman–Crippen MR) is 209 cm³/mol. The lowest BCUT2D eigenvalue weighted by atomic mass is 10.0. The largest absolute Gasteiger partial charge is 0.368 e. The van der Waals surface area contributed by atoms with E-state index >= 15 is 0 Å². The van der Waals surface area contributed by atoms with Gasteiger partial charge in [-0.2, -0.15) is 10.1 Å². The number of pyridine rings is 1. The molecule has 5 aromatic rings. The summed E-state index contributed by atoms with van der Waals surface area (Å²) in [7, 11) is 0. The average Bonchev–Trinajstić information content (AvgIpc) is 3.58. The first-order chi connectivity index (χ1) is 28.2. The van der Waals surface area contributed by atoms with E-state index in [0.717, 1.165) is 35.4 Å². The molecule has 9 rings (SSSR count). The zero-order valence-corrected chi connectivity index (χ0v) is 32.1. The minimum absolute atomic E-state index is 0.0858. The van der Waals surface area contributed by atoms with Crippen molar-refractivity contribution in [2.45, 2.75) is 69.9 Å². The van der Waals surface area contributed by atoms with Crippen molar-refractivity contribution in [1.82, 2.24) is 44.8 Å². The fourth-order valence-corrected chi connectivity index (χ4v) is 8.08. The number of aromatic nitrogens is 6. The van der Waals surface area contributed by atoms with Crippen LogP contribution in [-0.4, -0.2) is 101 Å². The second-order valence-corrected chi connectivity index (χ2v) is 15.3. The maximum Gasteiger partial charge on any atom is 0.323 e. The van der Waals surface area contributed by atoms with Gasteiger partial charge >= 0.3 is 6.03 Å². The number of hydrogen-bond donors (Lipinski definition) is 3. The summed E-state index contributed by atoms with van der Waals surface area (Å²) < 4.78 is 7.21. The molecule has 1 unspecified atom stereocenters. The van der Waals surface area contributed by atoms with Crippen LogP contribution in [0.1, 0.15) is 78.4 Å². The van der Waals surface area contributed by atoms with Gasteiger partial charge in [-0.1, -0.05) is 16.8 Å². The second-order valence-electron chi connectivity index (χ2n) is 14.9. The molecule has 3 N–H and O–H groups in total. The van der Waals surface area contributed by atoms with Gasteiger partial charge < -0.3 is 29.9 Å². The summed E-state index contributed by atoms with van der Waals surface area (Å²) >= 11 is 6.53. The molecule has 1 aliphatic carbocycles. The number of piperazine rings is 1. The summed E-state index contributed by atoms with van der Waals surface area (Å²) in [4.78, 5) is 81.9. The summed E-state index contributed by atoms with van der Waals surface area (Å²) in [5.74, 6) is 0.0897. The fourth-order valence-electron chi connectivity index (χ4n) is 7.83. The molecule has 1 aromatic carbocycles. The van der Waals surface area contributed by atoms with Gasteiger partial charge in [0.15, 0.2) is 5.65 Å². The van der Waals surface area contributed by atoms with Gasteiger partial charge in [0.25, 0.3) is 5.91 Å². The number of fused-ring (bicyclic) bond motifs is 2. The highest BCUT2D eigenvalue weighted by molar-refractivity contribution is 6.33. The van der Waals surface area contributed by atoms with Crippen molar-refractivity contribution < 1.29 is 28.5 Å². The van der Waals surface area contributed by atoms with E-state index in [-0.39, 0.29) is 35.0 Å². The molecule has 58 heavy (non-hydrogen) atoms. The molecule has 3 aliphatic heterocycles. The Bertz CT molecular complexity index is 2460. The first-order valence-corrected chi connectivity index (χ1v) is 19.8. The van der Waals surface area contributed by atoms with Crippen LogP contribution in [0.5, 0.6) is 0 Å². The van der Waals surface area contributed by atoms with Gasteiger partial charge in [-0.05, 0) is 61.9 Å². The molecule has 0 radical (unpaired) electrons. The van der Waals surface area contributed by atoms with Crippen LogP contribution in [0.15, 0.2) is 53.4 Å².